The van der Waals surface area contributed by atoms with Gasteiger partial charge in [-0.3, -0.25) is 0 Å². The topological polar surface area (TPSA) is 67.6 Å². The minimum Gasteiger partial charge on any atom is -0.493 e. The summed E-state index contributed by atoms with van der Waals surface area (Å²) in [6, 6.07) is 13.6. The van der Waals surface area contributed by atoms with Gasteiger partial charge in [-0.15, -0.1) is 0 Å². The number of rotatable bonds is 4. The van der Waals surface area contributed by atoms with E-state index in [9.17, 15) is 4.79 Å². The SMILES string of the molecule is CN(Cc1cc(-n2ccc(-c3ccc4c(c3)CCCO4)n2)ccc1Cl)C(=O)O. The largest absolute Gasteiger partial charge is 0.493 e. The zero-order valence-corrected chi connectivity index (χ0v) is 16.2. The summed E-state index contributed by atoms with van der Waals surface area (Å²) in [5.41, 5.74) is 4.68. The van der Waals surface area contributed by atoms with E-state index < -0.39 is 6.09 Å². The zero-order valence-electron chi connectivity index (χ0n) is 15.4. The first-order valence-electron chi connectivity index (χ1n) is 9.06. The second-order valence-corrected chi connectivity index (χ2v) is 7.24. The Morgan fingerprint density at radius 2 is 2.14 bits per heavy atom. The highest BCUT2D eigenvalue weighted by Crippen LogP contribution is 2.30. The highest BCUT2D eigenvalue weighted by molar-refractivity contribution is 6.31. The fourth-order valence-electron chi connectivity index (χ4n) is 3.29. The van der Waals surface area contributed by atoms with Crippen LogP contribution in [0.2, 0.25) is 5.02 Å². The molecule has 0 aliphatic carbocycles. The molecule has 3 aromatic rings. The van der Waals surface area contributed by atoms with Crippen molar-refractivity contribution in [3.8, 4) is 22.7 Å². The Hall–Kier alpha value is -2.99. The number of aryl methyl sites for hydroxylation is 1. The van der Waals surface area contributed by atoms with Gasteiger partial charge in [0.05, 0.1) is 24.5 Å². The second-order valence-electron chi connectivity index (χ2n) is 6.83. The lowest BCUT2D eigenvalue weighted by Crippen LogP contribution is -2.24. The maximum atomic E-state index is 11.1. The molecule has 1 N–H and O–H groups in total. The molecule has 0 saturated carbocycles. The van der Waals surface area contributed by atoms with E-state index in [0.717, 1.165) is 47.7 Å². The van der Waals surface area contributed by atoms with Crippen molar-refractivity contribution < 1.29 is 14.6 Å². The summed E-state index contributed by atoms with van der Waals surface area (Å²) in [5, 5.41) is 14.3. The molecule has 28 heavy (non-hydrogen) atoms. The van der Waals surface area contributed by atoms with Gasteiger partial charge in [-0.2, -0.15) is 5.10 Å². The molecule has 1 aliphatic rings. The Morgan fingerprint density at radius 3 is 2.96 bits per heavy atom. The van der Waals surface area contributed by atoms with Crippen LogP contribution in [0.15, 0.2) is 48.7 Å². The van der Waals surface area contributed by atoms with Gasteiger partial charge in [-0.05, 0) is 66.4 Å². The van der Waals surface area contributed by atoms with Crippen LogP contribution in [0.1, 0.15) is 17.5 Å². The van der Waals surface area contributed by atoms with Crippen LogP contribution in [0.4, 0.5) is 4.79 Å². The van der Waals surface area contributed by atoms with Crippen molar-refractivity contribution >= 4 is 17.7 Å². The quantitative estimate of drug-likeness (QED) is 0.697. The summed E-state index contributed by atoms with van der Waals surface area (Å²) in [4.78, 5) is 12.3. The van der Waals surface area contributed by atoms with Crippen LogP contribution in [-0.2, 0) is 13.0 Å². The zero-order chi connectivity index (χ0) is 19.7. The molecular formula is C21H20ClN3O3. The number of halogens is 1. The smallest absolute Gasteiger partial charge is 0.407 e. The number of aromatic nitrogens is 2. The molecule has 2 aromatic carbocycles. The van der Waals surface area contributed by atoms with E-state index in [1.807, 2.05) is 36.5 Å². The number of benzene rings is 2. The van der Waals surface area contributed by atoms with Gasteiger partial charge in [0.1, 0.15) is 5.75 Å². The standard InChI is InChI=1S/C21H20ClN3O3/c1-24(21(26)27)13-16-12-17(5-6-18(16)22)25-9-8-19(23-25)14-4-7-20-15(11-14)3-2-10-28-20/h4-9,11-12H,2-3,10,13H2,1H3,(H,26,27). The highest BCUT2D eigenvalue weighted by atomic mass is 35.5. The number of hydrogen-bond acceptors (Lipinski definition) is 3. The molecule has 0 unspecified atom stereocenters. The summed E-state index contributed by atoms with van der Waals surface area (Å²) >= 11 is 6.24. The van der Waals surface area contributed by atoms with E-state index in [-0.39, 0.29) is 6.54 Å². The summed E-state index contributed by atoms with van der Waals surface area (Å²) < 4.78 is 7.45. The van der Waals surface area contributed by atoms with E-state index >= 15 is 0 Å². The highest BCUT2D eigenvalue weighted by Gasteiger charge is 2.14. The van der Waals surface area contributed by atoms with Gasteiger partial charge in [0.2, 0.25) is 0 Å². The van der Waals surface area contributed by atoms with Crippen LogP contribution in [0.25, 0.3) is 16.9 Å². The molecule has 2 heterocycles. The predicted octanol–water partition coefficient (Wildman–Crippen LogP) is 4.63. The maximum absolute atomic E-state index is 11.1. The fraction of sp³-hybridized carbons (Fsp3) is 0.238. The van der Waals surface area contributed by atoms with Crippen molar-refractivity contribution in [2.24, 2.45) is 0 Å². The average Bonchev–Trinajstić information content (AvgIpc) is 3.19. The molecule has 0 fully saturated rings. The summed E-state index contributed by atoms with van der Waals surface area (Å²) in [5.74, 6) is 0.958. The number of carbonyl (C=O) groups is 1. The summed E-state index contributed by atoms with van der Waals surface area (Å²) in [7, 11) is 1.51. The molecule has 4 rings (SSSR count). The van der Waals surface area contributed by atoms with Crippen molar-refractivity contribution in [2.45, 2.75) is 19.4 Å². The van der Waals surface area contributed by atoms with Crippen LogP contribution in [0.3, 0.4) is 0 Å². The third-order valence-electron chi connectivity index (χ3n) is 4.82. The predicted molar refractivity (Wildman–Crippen MR) is 107 cm³/mol. The van der Waals surface area contributed by atoms with Crippen LogP contribution >= 0.6 is 11.6 Å². The second kappa shape index (κ2) is 7.56. The molecule has 1 aromatic heterocycles. The lowest BCUT2D eigenvalue weighted by atomic mass is 10.0. The Bertz CT molecular complexity index is 1030. The minimum atomic E-state index is -1.00. The number of ether oxygens (including phenoxy) is 1. The normalized spacial score (nSPS) is 12.9. The van der Waals surface area contributed by atoms with E-state index in [1.54, 1.807) is 10.7 Å². The van der Waals surface area contributed by atoms with Crippen LogP contribution in [-0.4, -0.2) is 39.5 Å². The van der Waals surface area contributed by atoms with Crippen LogP contribution in [0, 0.1) is 0 Å². The Labute approximate surface area is 167 Å². The lowest BCUT2D eigenvalue weighted by molar-refractivity contribution is 0.154. The Morgan fingerprint density at radius 1 is 1.29 bits per heavy atom. The van der Waals surface area contributed by atoms with Crippen molar-refractivity contribution in [3.05, 3.63) is 64.8 Å². The fourth-order valence-corrected chi connectivity index (χ4v) is 3.47. The van der Waals surface area contributed by atoms with Gasteiger partial charge in [0.15, 0.2) is 0 Å². The van der Waals surface area contributed by atoms with Gasteiger partial charge < -0.3 is 14.7 Å². The summed E-state index contributed by atoms with van der Waals surface area (Å²) in [6.07, 6.45) is 2.93. The molecule has 1 amide bonds. The van der Waals surface area contributed by atoms with E-state index in [4.69, 9.17) is 21.4 Å². The third-order valence-corrected chi connectivity index (χ3v) is 5.19. The van der Waals surface area contributed by atoms with E-state index in [1.165, 1.54) is 17.5 Å². The van der Waals surface area contributed by atoms with Crippen molar-refractivity contribution in [1.29, 1.82) is 0 Å². The number of nitrogens with zero attached hydrogens (tertiary/aromatic N) is 3. The molecular weight excluding hydrogens is 378 g/mol. The van der Waals surface area contributed by atoms with Gasteiger partial charge in [-0.1, -0.05) is 11.6 Å². The summed E-state index contributed by atoms with van der Waals surface area (Å²) in [6.45, 7) is 0.984. The van der Waals surface area contributed by atoms with Gasteiger partial charge in [0.25, 0.3) is 0 Å². The molecule has 0 bridgehead atoms. The Kier molecular flexibility index (Phi) is 4.96. The molecule has 0 atom stereocenters. The molecule has 0 spiro atoms. The molecule has 0 radical (unpaired) electrons. The Balaban J connectivity index is 1.62. The van der Waals surface area contributed by atoms with Crippen molar-refractivity contribution in [2.75, 3.05) is 13.7 Å². The number of carboxylic acid groups (broad SMARTS) is 1. The third kappa shape index (κ3) is 3.68. The minimum absolute atomic E-state index is 0.209. The van der Waals surface area contributed by atoms with Crippen molar-refractivity contribution in [3.63, 3.8) is 0 Å². The van der Waals surface area contributed by atoms with Gasteiger partial charge >= 0.3 is 6.09 Å². The van der Waals surface area contributed by atoms with E-state index in [0.29, 0.717) is 5.02 Å². The van der Waals surface area contributed by atoms with Crippen LogP contribution in [0.5, 0.6) is 5.75 Å². The van der Waals surface area contributed by atoms with E-state index in [2.05, 4.69) is 11.2 Å². The molecule has 0 saturated heterocycles. The molecule has 1 aliphatic heterocycles. The van der Waals surface area contributed by atoms with Crippen molar-refractivity contribution in [1.82, 2.24) is 14.7 Å². The average molecular weight is 398 g/mol. The first-order chi connectivity index (χ1) is 13.5. The maximum Gasteiger partial charge on any atom is 0.407 e. The molecule has 6 nitrogen and oxygen atoms in total. The molecule has 144 valence electrons. The van der Waals surface area contributed by atoms with Gasteiger partial charge in [0, 0.05) is 23.8 Å². The lowest BCUT2D eigenvalue weighted by Gasteiger charge is -2.17. The first-order valence-corrected chi connectivity index (χ1v) is 9.44. The monoisotopic (exact) mass is 397 g/mol. The number of hydrogen-bond donors (Lipinski definition) is 1. The molecule has 7 heteroatoms. The number of fused-ring (bicyclic) bond motifs is 1. The first kappa shape index (κ1) is 18.4. The van der Waals surface area contributed by atoms with Gasteiger partial charge in [-0.25, -0.2) is 9.48 Å². The van der Waals surface area contributed by atoms with Crippen LogP contribution < -0.4 is 4.74 Å². The number of amides is 1.